The van der Waals surface area contributed by atoms with Crippen LogP contribution >= 0.6 is 0 Å². The third kappa shape index (κ3) is 2.84. The number of aromatic nitrogens is 2. The highest BCUT2D eigenvalue weighted by atomic mass is 19.1. The van der Waals surface area contributed by atoms with Crippen LogP contribution in [0.3, 0.4) is 0 Å². The van der Waals surface area contributed by atoms with Gasteiger partial charge in [0.25, 0.3) is 0 Å². The fourth-order valence-electron chi connectivity index (χ4n) is 1.63. The van der Waals surface area contributed by atoms with Crippen molar-refractivity contribution in [2.75, 3.05) is 11.9 Å². The lowest BCUT2D eigenvalue weighted by Gasteiger charge is -2.12. The maximum Gasteiger partial charge on any atom is 0.315 e. The average Bonchev–Trinajstić information content (AvgIpc) is 2.77. The first-order valence-corrected chi connectivity index (χ1v) is 5.74. The molecule has 18 heavy (non-hydrogen) atoms. The zero-order valence-electron chi connectivity index (χ0n) is 10.1. The molecule has 1 heterocycles. The van der Waals surface area contributed by atoms with Crippen LogP contribution in [0, 0.1) is 5.82 Å². The first-order chi connectivity index (χ1) is 8.70. The van der Waals surface area contributed by atoms with E-state index in [-0.39, 0.29) is 17.9 Å². The number of nitrogens with one attached hydrogen (secondary N) is 1. The molecule has 0 amide bonds. The van der Waals surface area contributed by atoms with Gasteiger partial charge in [-0.2, -0.15) is 0 Å². The van der Waals surface area contributed by atoms with Crippen molar-refractivity contribution >= 4 is 6.01 Å². The van der Waals surface area contributed by atoms with Crippen molar-refractivity contribution in [1.29, 1.82) is 0 Å². The summed E-state index contributed by atoms with van der Waals surface area (Å²) in [6, 6.07) is 6.58. The minimum Gasteiger partial charge on any atom is -0.408 e. The minimum atomic E-state index is -0.265. The molecule has 2 rings (SSSR count). The first kappa shape index (κ1) is 12.5. The molecular formula is C12H15FN4O. The van der Waals surface area contributed by atoms with Crippen molar-refractivity contribution in [3.8, 4) is 0 Å². The highest BCUT2D eigenvalue weighted by Gasteiger charge is 2.13. The lowest BCUT2D eigenvalue weighted by atomic mass is 10.1. The van der Waals surface area contributed by atoms with E-state index in [0.29, 0.717) is 24.4 Å². The number of anilines is 1. The number of rotatable bonds is 5. The number of benzene rings is 1. The van der Waals surface area contributed by atoms with E-state index in [4.69, 9.17) is 10.2 Å². The van der Waals surface area contributed by atoms with Crippen molar-refractivity contribution in [2.24, 2.45) is 5.73 Å². The summed E-state index contributed by atoms with van der Waals surface area (Å²) >= 11 is 0. The molecule has 96 valence electrons. The van der Waals surface area contributed by atoms with Crippen LogP contribution in [-0.4, -0.2) is 16.7 Å². The molecule has 1 unspecified atom stereocenters. The normalized spacial score (nSPS) is 12.4. The second-order valence-electron chi connectivity index (χ2n) is 3.93. The third-order valence-electron chi connectivity index (χ3n) is 2.54. The molecule has 1 aromatic heterocycles. The molecule has 6 heteroatoms. The highest BCUT2D eigenvalue weighted by Crippen LogP contribution is 2.20. The Balaban J connectivity index is 2.06. The Hall–Kier alpha value is -1.95. The minimum absolute atomic E-state index is 0.252. The van der Waals surface area contributed by atoms with Crippen LogP contribution in [-0.2, 0) is 6.42 Å². The summed E-state index contributed by atoms with van der Waals surface area (Å²) in [6.45, 7) is 2.27. The molecule has 0 bridgehead atoms. The molecule has 3 N–H and O–H groups in total. The summed E-state index contributed by atoms with van der Waals surface area (Å²) in [5.74, 6) is 0.208. The lowest BCUT2D eigenvalue weighted by Crippen LogP contribution is -2.08. The van der Waals surface area contributed by atoms with Gasteiger partial charge < -0.3 is 15.5 Å². The molecule has 0 saturated carbocycles. The molecule has 0 radical (unpaired) electrons. The van der Waals surface area contributed by atoms with E-state index in [2.05, 4.69) is 15.5 Å². The number of nitrogens with two attached hydrogens (primary N) is 1. The molecule has 1 aromatic carbocycles. The summed E-state index contributed by atoms with van der Waals surface area (Å²) in [7, 11) is 0. The van der Waals surface area contributed by atoms with E-state index >= 15 is 0 Å². The number of nitrogens with zero attached hydrogens (tertiary/aromatic N) is 2. The maximum absolute atomic E-state index is 13.5. The second-order valence-corrected chi connectivity index (χ2v) is 3.93. The van der Waals surface area contributed by atoms with Crippen LogP contribution in [0.2, 0.25) is 0 Å². The average molecular weight is 250 g/mol. The predicted molar refractivity (Wildman–Crippen MR) is 65.5 cm³/mol. The van der Waals surface area contributed by atoms with Crippen LogP contribution in [0.15, 0.2) is 28.7 Å². The van der Waals surface area contributed by atoms with Gasteiger partial charge in [-0.3, -0.25) is 0 Å². The predicted octanol–water partition coefficient (Wildman–Crippen LogP) is 1.88. The van der Waals surface area contributed by atoms with Crippen LogP contribution < -0.4 is 11.1 Å². The smallest absolute Gasteiger partial charge is 0.315 e. The van der Waals surface area contributed by atoms with Gasteiger partial charge in [-0.15, -0.1) is 5.10 Å². The number of hydrogen-bond donors (Lipinski definition) is 2. The van der Waals surface area contributed by atoms with Gasteiger partial charge in [0.15, 0.2) is 0 Å². The van der Waals surface area contributed by atoms with Crippen molar-refractivity contribution in [1.82, 2.24) is 10.2 Å². The van der Waals surface area contributed by atoms with Crippen LogP contribution in [0.1, 0.15) is 24.4 Å². The molecule has 2 aromatic rings. The molecule has 1 atom stereocenters. The summed E-state index contributed by atoms with van der Waals surface area (Å²) in [4.78, 5) is 0. The van der Waals surface area contributed by atoms with Gasteiger partial charge in [0.05, 0.1) is 6.04 Å². The zero-order valence-corrected chi connectivity index (χ0v) is 10.1. The topological polar surface area (TPSA) is 77.0 Å². The largest absolute Gasteiger partial charge is 0.408 e. The Morgan fingerprint density at radius 2 is 2.17 bits per heavy atom. The third-order valence-corrected chi connectivity index (χ3v) is 2.54. The van der Waals surface area contributed by atoms with E-state index in [1.54, 1.807) is 18.2 Å². The van der Waals surface area contributed by atoms with Gasteiger partial charge in [-0.1, -0.05) is 23.3 Å². The fourth-order valence-corrected chi connectivity index (χ4v) is 1.63. The summed E-state index contributed by atoms with van der Waals surface area (Å²) in [6.07, 6.45) is 0.531. The van der Waals surface area contributed by atoms with E-state index < -0.39 is 0 Å². The Bertz CT molecular complexity index is 514. The van der Waals surface area contributed by atoms with Gasteiger partial charge in [-0.25, -0.2) is 4.39 Å². The van der Waals surface area contributed by atoms with Crippen molar-refractivity contribution in [3.63, 3.8) is 0 Å². The molecule has 5 nitrogen and oxygen atoms in total. The van der Waals surface area contributed by atoms with Gasteiger partial charge in [0, 0.05) is 18.5 Å². The molecule has 0 spiro atoms. The van der Waals surface area contributed by atoms with Gasteiger partial charge >= 0.3 is 6.01 Å². The van der Waals surface area contributed by atoms with Gasteiger partial charge in [0.1, 0.15) is 5.82 Å². The van der Waals surface area contributed by atoms with E-state index in [1.165, 1.54) is 6.07 Å². The van der Waals surface area contributed by atoms with Crippen molar-refractivity contribution in [2.45, 2.75) is 19.4 Å². The van der Waals surface area contributed by atoms with Crippen molar-refractivity contribution < 1.29 is 8.81 Å². The molecular weight excluding hydrogens is 235 g/mol. The maximum atomic E-state index is 13.5. The molecule has 0 saturated heterocycles. The quantitative estimate of drug-likeness (QED) is 0.847. The molecule has 0 aliphatic carbocycles. The van der Waals surface area contributed by atoms with Crippen molar-refractivity contribution in [3.05, 3.63) is 41.5 Å². The Morgan fingerprint density at radius 3 is 2.89 bits per heavy atom. The van der Waals surface area contributed by atoms with Gasteiger partial charge in [-0.05, 0) is 13.0 Å². The van der Waals surface area contributed by atoms with E-state index in [1.807, 2.05) is 6.92 Å². The zero-order chi connectivity index (χ0) is 13.0. The Labute approximate surface area is 104 Å². The Kier molecular flexibility index (Phi) is 3.88. The van der Waals surface area contributed by atoms with Gasteiger partial charge in [0.2, 0.25) is 5.89 Å². The van der Waals surface area contributed by atoms with E-state index in [0.717, 1.165) is 0 Å². The highest BCUT2D eigenvalue weighted by molar-refractivity contribution is 5.29. The summed E-state index contributed by atoms with van der Waals surface area (Å²) in [5, 5.41) is 10.6. The van der Waals surface area contributed by atoms with Crippen LogP contribution in [0.4, 0.5) is 10.4 Å². The first-order valence-electron chi connectivity index (χ1n) is 5.74. The summed E-state index contributed by atoms with van der Waals surface area (Å²) < 4.78 is 18.9. The Morgan fingerprint density at radius 1 is 1.39 bits per heavy atom. The number of hydrogen-bond acceptors (Lipinski definition) is 5. The second kappa shape index (κ2) is 5.59. The molecule has 0 aliphatic heterocycles. The molecule has 0 fully saturated rings. The number of halogens is 1. The molecule has 0 aliphatic rings. The van der Waals surface area contributed by atoms with Crippen LogP contribution in [0.25, 0.3) is 0 Å². The SMILES string of the molecule is CC(Nc1nnc(CCN)o1)c1ccccc1F. The lowest BCUT2D eigenvalue weighted by molar-refractivity contribution is 0.500. The summed E-state index contributed by atoms with van der Waals surface area (Å²) in [5.41, 5.74) is 5.94. The monoisotopic (exact) mass is 250 g/mol. The standard InChI is InChI=1S/C12H15FN4O/c1-8(9-4-2-3-5-10(9)13)15-12-17-16-11(18-12)6-7-14/h2-5,8H,6-7,14H2,1H3,(H,15,17). The van der Waals surface area contributed by atoms with E-state index in [9.17, 15) is 4.39 Å². The fraction of sp³-hybridized carbons (Fsp3) is 0.333. The van der Waals surface area contributed by atoms with Crippen LogP contribution in [0.5, 0.6) is 0 Å².